The first-order valence-corrected chi connectivity index (χ1v) is 5.89. The highest BCUT2D eigenvalue weighted by molar-refractivity contribution is 7.10. The van der Waals surface area contributed by atoms with E-state index >= 15 is 0 Å². The number of nitrogens with two attached hydrogens (primary N) is 1. The minimum atomic E-state index is 0.215. The number of rotatable bonds is 6. The summed E-state index contributed by atoms with van der Waals surface area (Å²) < 4.78 is 0. The third-order valence-electron chi connectivity index (χ3n) is 2.12. The van der Waals surface area contributed by atoms with Crippen LogP contribution in [0.5, 0.6) is 0 Å². The van der Waals surface area contributed by atoms with Crippen LogP contribution in [0.25, 0.3) is 0 Å². The van der Waals surface area contributed by atoms with Crippen LogP contribution in [0.4, 0.5) is 0 Å². The van der Waals surface area contributed by atoms with Crippen molar-refractivity contribution in [2.75, 3.05) is 6.54 Å². The molecule has 1 heterocycles. The van der Waals surface area contributed by atoms with Crippen LogP contribution in [-0.4, -0.2) is 17.6 Å². The fourth-order valence-electron chi connectivity index (χ4n) is 1.39. The first kappa shape index (κ1) is 12.0. The number of thiophene rings is 1. The molecular formula is C10H17N3OS. The maximum atomic E-state index is 8.43. The van der Waals surface area contributed by atoms with Crippen molar-refractivity contribution < 1.29 is 5.21 Å². The minimum Gasteiger partial charge on any atom is -0.409 e. The summed E-state index contributed by atoms with van der Waals surface area (Å²) in [5, 5.41) is 16.7. The van der Waals surface area contributed by atoms with E-state index in [1.807, 2.05) is 6.07 Å². The van der Waals surface area contributed by atoms with Crippen molar-refractivity contribution in [3.05, 3.63) is 22.4 Å². The molecule has 0 amide bonds. The molecule has 0 fully saturated rings. The van der Waals surface area contributed by atoms with Crippen LogP contribution < -0.4 is 11.1 Å². The summed E-state index contributed by atoms with van der Waals surface area (Å²) >= 11 is 1.72. The Bertz CT molecular complexity index is 298. The predicted octanol–water partition coefficient (Wildman–Crippen LogP) is 1.93. The SMILES string of the molecule is CCCC(NCC(N)=NO)c1cccs1. The van der Waals surface area contributed by atoms with Gasteiger partial charge in [-0.3, -0.25) is 0 Å². The van der Waals surface area contributed by atoms with Gasteiger partial charge in [-0.2, -0.15) is 0 Å². The molecule has 0 saturated heterocycles. The Morgan fingerprint density at radius 2 is 2.53 bits per heavy atom. The molecule has 0 aliphatic carbocycles. The molecule has 5 heteroatoms. The third-order valence-corrected chi connectivity index (χ3v) is 3.11. The van der Waals surface area contributed by atoms with Gasteiger partial charge < -0.3 is 16.3 Å². The lowest BCUT2D eigenvalue weighted by Gasteiger charge is -2.15. The highest BCUT2D eigenvalue weighted by Crippen LogP contribution is 2.22. The fraction of sp³-hybridized carbons (Fsp3) is 0.500. The second-order valence-corrected chi connectivity index (χ2v) is 4.31. The van der Waals surface area contributed by atoms with Gasteiger partial charge in [0.1, 0.15) is 0 Å². The van der Waals surface area contributed by atoms with Gasteiger partial charge in [-0.25, -0.2) is 0 Å². The van der Waals surface area contributed by atoms with E-state index in [0.717, 1.165) is 12.8 Å². The standard InChI is InChI=1S/C10H17N3OS/c1-2-4-8(9-5-3-6-15-9)12-7-10(11)13-14/h3,5-6,8,12,14H,2,4,7H2,1H3,(H2,11,13). The maximum absolute atomic E-state index is 8.43. The molecule has 1 rings (SSSR count). The Labute approximate surface area is 93.8 Å². The smallest absolute Gasteiger partial charge is 0.153 e. The minimum absolute atomic E-state index is 0.215. The zero-order chi connectivity index (χ0) is 11.1. The molecule has 0 radical (unpaired) electrons. The summed E-state index contributed by atoms with van der Waals surface area (Å²) in [6.45, 7) is 2.56. The highest BCUT2D eigenvalue weighted by Gasteiger charge is 2.10. The lowest BCUT2D eigenvalue weighted by Crippen LogP contribution is -2.31. The van der Waals surface area contributed by atoms with Crippen LogP contribution in [0, 0.1) is 0 Å². The Balaban J connectivity index is 2.52. The van der Waals surface area contributed by atoms with Crippen LogP contribution in [0.3, 0.4) is 0 Å². The largest absolute Gasteiger partial charge is 0.409 e. The first-order valence-electron chi connectivity index (χ1n) is 5.01. The molecule has 0 bridgehead atoms. The molecule has 1 aromatic heterocycles. The molecular weight excluding hydrogens is 210 g/mol. The summed E-state index contributed by atoms with van der Waals surface area (Å²) in [4.78, 5) is 1.29. The van der Waals surface area contributed by atoms with Crippen molar-refractivity contribution >= 4 is 17.2 Å². The number of nitrogens with zero attached hydrogens (tertiary/aromatic N) is 1. The average molecular weight is 227 g/mol. The fourth-order valence-corrected chi connectivity index (χ4v) is 2.22. The van der Waals surface area contributed by atoms with E-state index < -0.39 is 0 Å². The lowest BCUT2D eigenvalue weighted by molar-refractivity contribution is 0.316. The average Bonchev–Trinajstić information content (AvgIpc) is 2.76. The molecule has 1 aromatic rings. The van der Waals surface area contributed by atoms with E-state index in [0.29, 0.717) is 12.6 Å². The molecule has 0 aliphatic heterocycles. The third kappa shape index (κ3) is 3.89. The van der Waals surface area contributed by atoms with Crippen LogP contribution in [-0.2, 0) is 0 Å². The van der Waals surface area contributed by atoms with E-state index in [-0.39, 0.29) is 5.84 Å². The lowest BCUT2D eigenvalue weighted by atomic mass is 10.1. The van der Waals surface area contributed by atoms with E-state index in [9.17, 15) is 0 Å². The van der Waals surface area contributed by atoms with E-state index in [2.05, 4.69) is 28.8 Å². The zero-order valence-corrected chi connectivity index (χ0v) is 9.63. The number of oxime groups is 1. The number of nitrogens with one attached hydrogen (secondary N) is 1. The zero-order valence-electron chi connectivity index (χ0n) is 8.81. The second-order valence-electron chi connectivity index (χ2n) is 3.33. The number of hydrogen-bond acceptors (Lipinski definition) is 4. The van der Waals surface area contributed by atoms with Gasteiger partial charge in [-0.05, 0) is 17.9 Å². The quantitative estimate of drug-likeness (QED) is 0.301. The molecule has 4 N–H and O–H groups in total. The molecule has 4 nitrogen and oxygen atoms in total. The van der Waals surface area contributed by atoms with Crippen molar-refractivity contribution in [1.82, 2.24) is 5.32 Å². The summed E-state index contributed by atoms with van der Waals surface area (Å²) in [6.07, 6.45) is 2.16. The van der Waals surface area contributed by atoms with Crippen molar-refractivity contribution in [3.8, 4) is 0 Å². The van der Waals surface area contributed by atoms with Gasteiger partial charge in [0.2, 0.25) is 0 Å². The first-order chi connectivity index (χ1) is 7.27. The van der Waals surface area contributed by atoms with Crippen molar-refractivity contribution in [3.63, 3.8) is 0 Å². The predicted molar refractivity (Wildman–Crippen MR) is 63.4 cm³/mol. The van der Waals surface area contributed by atoms with Gasteiger partial charge in [0.25, 0.3) is 0 Å². The van der Waals surface area contributed by atoms with Gasteiger partial charge >= 0.3 is 0 Å². The summed E-state index contributed by atoms with van der Waals surface area (Å²) in [6, 6.07) is 4.44. The number of amidine groups is 1. The molecule has 0 spiro atoms. The highest BCUT2D eigenvalue weighted by atomic mass is 32.1. The van der Waals surface area contributed by atoms with Gasteiger partial charge in [0.05, 0.1) is 6.54 Å². The van der Waals surface area contributed by atoms with Crippen LogP contribution in [0.1, 0.15) is 30.7 Å². The van der Waals surface area contributed by atoms with E-state index in [1.54, 1.807) is 11.3 Å². The molecule has 84 valence electrons. The molecule has 15 heavy (non-hydrogen) atoms. The Hall–Kier alpha value is -1.07. The van der Waals surface area contributed by atoms with Crippen LogP contribution >= 0.6 is 11.3 Å². The molecule has 0 aliphatic rings. The molecule has 0 saturated carbocycles. The van der Waals surface area contributed by atoms with Gasteiger partial charge in [-0.15, -0.1) is 11.3 Å². The Morgan fingerprint density at radius 3 is 3.07 bits per heavy atom. The molecule has 1 atom stereocenters. The van der Waals surface area contributed by atoms with Crippen LogP contribution in [0.15, 0.2) is 22.7 Å². The van der Waals surface area contributed by atoms with E-state index in [4.69, 9.17) is 10.9 Å². The van der Waals surface area contributed by atoms with Gasteiger partial charge in [-0.1, -0.05) is 24.6 Å². The normalized spacial score (nSPS) is 14.1. The molecule has 0 aromatic carbocycles. The van der Waals surface area contributed by atoms with Crippen molar-refractivity contribution in [2.24, 2.45) is 10.9 Å². The van der Waals surface area contributed by atoms with Crippen molar-refractivity contribution in [2.45, 2.75) is 25.8 Å². The Morgan fingerprint density at radius 1 is 1.73 bits per heavy atom. The number of hydrogen-bond donors (Lipinski definition) is 3. The summed E-state index contributed by atoms with van der Waals surface area (Å²) in [5.41, 5.74) is 5.41. The van der Waals surface area contributed by atoms with Crippen molar-refractivity contribution in [1.29, 1.82) is 0 Å². The van der Waals surface area contributed by atoms with Gasteiger partial charge in [0, 0.05) is 10.9 Å². The van der Waals surface area contributed by atoms with Crippen LogP contribution in [0.2, 0.25) is 0 Å². The summed E-state index contributed by atoms with van der Waals surface area (Å²) in [5.74, 6) is 0.215. The Kier molecular flexibility index (Phi) is 5.14. The second kappa shape index (κ2) is 6.42. The van der Waals surface area contributed by atoms with Gasteiger partial charge in [0.15, 0.2) is 5.84 Å². The maximum Gasteiger partial charge on any atom is 0.153 e. The monoisotopic (exact) mass is 227 g/mol. The molecule has 1 unspecified atom stereocenters. The van der Waals surface area contributed by atoms with E-state index in [1.165, 1.54) is 4.88 Å². The summed E-state index contributed by atoms with van der Waals surface area (Å²) in [7, 11) is 0. The topological polar surface area (TPSA) is 70.6 Å².